The number of amides is 2. The van der Waals surface area contributed by atoms with Crippen molar-refractivity contribution in [2.24, 2.45) is 4.99 Å². The monoisotopic (exact) mass is 345 g/mol. The standard InChI is InChI=1S/C16H19N5O4/c22-14-10-13(18-16(19-14)20-7-2-1-3-8-20)15(23)17-11-5-4-6-12(9-11)21(24)25/h4-6,9,13H,1-3,7-8,10H2,(H,17,23)(H,18,19,22)/t13-/m1/s1. The van der Waals surface area contributed by atoms with Crippen molar-refractivity contribution >= 4 is 29.1 Å². The molecule has 2 heterocycles. The molecule has 2 N–H and O–H groups in total. The quantitative estimate of drug-likeness (QED) is 0.632. The number of guanidine groups is 1. The summed E-state index contributed by atoms with van der Waals surface area (Å²) < 4.78 is 0. The summed E-state index contributed by atoms with van der Waals surface area (Å²) in [6.45, 7) is 1.61. The van der Waals surface area contributed by atoms with E-state index in [1.807, 2.05) is 4.90 Å². The number of nitro groups is 1. The van der Waals surface area contributed by atoms with Gasteiger partial charge in [-0.2, -0.15) is 0 Å². The van der Waals surface area contributed by atoms with Crippen LogP contribution in [-0.4, -0.2) is 46.7 Å². The number of nitrogens with one attached hydrogen (secondary N) is 2. The predicted molar refractivity (Wildman–Crippen MR) is 91.1 cm³/mol. The predicted octanol–water partition coefficient (Wildman–Crippen LogP) is 1.26. The molecule has 2 aliphatic rings. The van der Waals surface area contributed by atoms with Gasteiger partial charge in [-0.25, -0.2) is 4.99 Å². The van der Waals surface area contributed by atoms with E-state index in [0.29, 0.717) is 11.6 Å². The zero-order valence-corrected chi connectivity index (χ0v) is 13.6. The number of anilines is 1. The van der Waals surface area contributed by atoms with Gasteiger partial charge in [-0.1, -0.05) is 6.07 Å². The van der Waals surface area contributed by atoms with Crippen LogP contribution in [0.2, 0.25) is 0 Å². The van der Waals surface area contributed by atoms with Gasteiger partial charge in [-0.05, 0) is 25.3 Å². The molecular formula is C16H19N5O4. The van der Waals surface area contributed by atoms with Crippen LogP contribution < -0.4 is 10.6 Å². The molecule has 0 bridgehead atoms. The maximum Gasteiger partial charge on any atom is 0.271 e. The minimum atomic E-state index is -0.843. The number of aliphatic imine (C=N–C) groups is 1. The van der Waals surface area contributed by atoms with Crippen LogP contribution in [0, 0.1) is 10.1 Å². The average molecular weight is 345 g/mol. The highest BCUT2D eigenvalue weighted by atomic mass is 16.6. The molecule has 25 heavy (non-hydrogen) atoms. The van der Waals surface area contributed by atoms with E-state index in [9.17, 15) is 19.7 Å². The molecule has 1 saturated heterocycles. The number of piperidine rings is 1. The van der Waals surface area contributed by atoms with Gasteiger partial charge in [-0.15, -0.1) is 0 Å². The number of nitrogens with zero attached hydrogens (tertiary/aromatic N) is 3. The third kappa shape index (κ3) is 4.11. The number of likely N-dealkylation sites (tertiary alicyclic amines) is 1. The minimum absolute atomic E-state index is 0.0436. The lowest BCUT2D eigenvalue weighted by Crippen LogP contribution is -2.51. The van der Waals surface area contributed by atoms with Crippen LogP contribution in [-0.2, 0) is 9.59 Å². The molecule has 9 heteroatoms. The number of rotatable bonds is 3. The first kappa shape index (κ1) is 16.9. The van der Waals surface area contributed by atoms with Gasteiger partial charge in [0, 0.05) is 30.9 Å². The maximum atomic E-state index is 12.4. The van der Waals surface area contributed by atoms with Gasteiger partial charge in [0.2, 0.25) is 17.8 Å². The smallest absolute Gasteiger partial charge is 0.271 e. The topological polar surface area (TPSA) is 117 Å². The molecule has 2 amide bonds. The molecule has 3 rings (SSSR count). The zero-order valence-electron chi connectivity index (χ0n) is 13.6. The van der Waals surface area contributed by atoms with E-state index < -0.39 is 16.9 Å². The Balaban J connectivity index is 1.73. The average Bonchev–Trinajstić information content (AvgIpc) is 2.62. The molecule has 0 unspecified atom stereocenters. The van der Waals surface area contributed by atoms with Crippen molar-refractivity contribution in [3.05, 3.63) is 34.4 Å². The fourth-order valence-electron chi connectivity index (χ4n) is 2.92. The molecule has 2 aliphatic heterocycles. The fraction of sp³-hybridized carbons (Fsp3) is 0.438. The zero-order chi connectivity index (χ0) is 17.8. The van der Waals surface area contributed by atoms with E-state index in [0.717, 1.165) is 32.4 Å². The molecule has 0 aliphatic carbocycles. The van der Waals surface area contributed by atoms with Crippen LogP contribution in [0.15, 0.2) is 29.3 Å². The van der Waals surface area contributed by atoms with Crippen LogP contribution in [0.1, 0.15) is 25.7 Å². The Morgan fingerprint density at radius 3 is 2.80 bits per heavy atom. The van der Waals surface area contributed by atoms with Crippen molar-refractivity contribution in [1.82, 2.24) is 10.2 Å². The summed E-state index contributed by atoms with van der Waals surface area (Å²) >= 11 is 0. The normalized spacial score (nSPS) is 20.5. The van der Waals surface area contributed by atoms with Crippen LogP contribution in [0.3, 0.4) is 0 Å². The molecular weight excluding hydrogens is 326 g/mol. The van der Waals surface area contributed by atoms with Crippen molar-refractivity contribution in [2.75, 3.05) is 18.4 Å². The second-order valence-corrected chi connectivity index (χ2v) is 6.07. The highest BCUT2D eigenvalue weighted by molar-refractivity contribution is 6.06. The van der Waals surface area contributed by atoms with Crippen molar-refractivity contribution in [2.45, 2.75) is 31.7 Å². The third-order valence-electron chi connectivity index (χ3n) is 4.19. The first-order valence-electron chi connectivity index (χ1n) is 8.21. The first-order chi connectivity index (χ1) is 12.0. The largest absolute Gasteiger partial charge is 0.343 e. The number of carbonyl (C=O) groups is 2. The highest BCUT2D eigenvalue weighted by Gasteiger charge is 2.29. The lowest BCUT2D eigenvalue weighted by atomic mass is 10.1. The van der Waals surface area contributed by atoms with E-state index in [1.165, 1.54) is 18.2 Å². The van der Waals surface area contributed by atoms with Crippen molar-refractivity contribution in [3.8, 4) is 0 Å². The Morgan fingerprint density at radius 2 is 2.08 bits per heavy atom. The second kappa shape index (κ2) is 7.29. The molecule has 0 spiro atoms. The lowest BCUT2D eigenvalue weighted by molar-refractivity contribution is -0.384. The number of non-ortho nitro benzene ring substituents is 1. The van der Waals surface area contributed by atoms with Crippen LogP contribution in [0.25, 0.3) is 0 Å². The van der Waals surface area contributed by atoms with E-state index in [4.69, 9.17) is 0 Å². The molecule has 1 fully saturated rings. The first-order valence-corrected chi connectivity index (χ1v) is 8.21. The van der Waals surface area contributed by atoms with Gasteiger partial charge >= 0.3 is 0 Å². The molecule has 0 saturated carbocycles. The van der Waals surface area contributed by atoms with Gasteiger partial charge in [0.05, 0.1) is 11.3 Å². The molecule has 0 aromatic heterocycles. The second-order valence-electron chi connectivity index (χ2n) is 6.07. The van der Waals surface area contributed by atoms with Gasteiger partial charge in [-0.3, -0.25) is 25.0 Å². The summed E-state index contributed by atoms with van der Waals surface area (Å²) in [6, 6.07) is 4.82. The molecule has 1 atom stereocenters. The SMILES string of the molecule is O=C1C[C@H](C(=O)Nc2cccc([N+](=O)[O-])c2)N=C(N2CCCCC2)N1. The van der Waals surface area contributed by atoms with Gasteiger partial charge in [0.15, 0.2) is 0 Å². The van der Waals surface area contributed by atoms with Gasteiger partial charge in [0.25, 0.3) is 5.69 Å². The number of hydrogen-bond donors (Lipinski definition) is 2. The summed E-state index contributed by atoms with van der Waals surface area (Å²) in [7, 11) is 0. The van der Waals surface area contributed by atoms with Crippen molar-refractivity contribution in [1.29, 1.82) is 0 Å². The number of nitro benzene ring substituents is 1. The van der Waals surface area contributed by atoms with E-state index in [-0.39, 0.29) is 18.0 Å². The summed E-state index contributed by atoms with van der Waals surface area (Å²) in [6.07, 6.45) is 3.16. The van der Waals surface area contributed by atoms with E-state index in [2.05, 4.69) is 15.6 Å². The Morgan fingerprint density at radius 1 is 1.32 bits per heavy atom. The maximum absolute atomic E-state index is 12.4. The third-order valence-corrected chi connectivity index (χ3v) is 4.19. The molecule has 132 valence electrons. The summed E-state index contributed by atoms with van der Waals surface area (Å²) in [5.41, 5.74) is 0.191. The van der Waals surface area contributed by atoms with E-state index >= 15 is 0 Å². The summed E-state index contributed by atoms with van der Waals surface area (Å²) in [5, 5.41) is 16.1. The van der Waals surface area contributed by atoms with Gasteiger partial charge < -0.3 is 10.2 Å². The molecule has 1 aromatic carbocycles. The van der Waals surface area contributed by atoms with Crippen molar-refractivity contribution < 1.29 is 14.5 Å². The fourth-order valence-corrected chi connectivity index (χ4v) is 2.92. The Kier molecular flexibility index (Phi) is 4.92. The Hall–Kier alpha value is -2.97. The number of benzene rings is 1. The van der Waals surface area contributed by atoms with Crippen molar-refractivity contribution in [3.63, 3.8) is 0 Å². The molecule has 9 nitrogen and oxygen atoms in total. The lowest BCUT2D eigenvalue weighted by Gasteiger charge is -2.32. The van der Waals surface area contributed by atoms with Crippen LogP contribution in [0.5, 0.6) is 0 Å². The Labute approximate surface area is 144 Å². The highest BCUT2D eigenvalue weighted by Crippen LogP contribution is 2.19. The minimum Gasteiger partial charge on any atom is -0.343 e. The number of hydrogen-bond acceptors (Lipinski definition) is 6. The molecule has 0 radical (unpaired) electrons. The van der Waals surface area contributed by atoms with Crippen LogP contribution in [0.4, 0.5) is 11.4 Å². The van der Waals surface area contributed by atoms with Gasteiger partial charge in [0.1, 0.15) is 6.04 Å². The number of carbonyl (C=O) groups excluding carboxylic acids is 2. The molecule has 1 aromatic rings. The van der Waals surface area contributed by atoms with Crippen LogP contribution >= 0.6 is 0 Å². The van der Waals surface area contributed by atoms with E-state index in [1.54, 1.807) is 6.07 Å². The Bertz CT molecular complexity index is 727. The summed E-state index contributed by atoms with van der Waals surface area (Å²) in [5.74, 6) is -0.269. The summed E-state index contributed by atoms with van der Waals surface area (Å²) in [4.78, 5) is 41.0.